The molecule has 0 aliphatic heterocycles. The van der Waals surface area contributed by atoms with Crippen LogP contribution in [0.2, 0.25) is 10.0 Å². The Morgan fingerprint density at radius 1 is 1.09 bits per heavy atom. The van der Waals surface area contributed by atoms with Gasteiger partial charge in [0, 0.05) is 34.5 Å². The van der Waals surface area contributed by atoms with E-state index in [-0.39, 0.29) is 29.9 Å². The number of thioether (sulfide) groups is 1. The van der Waals surface area contributed by atoms with Crippen molar-refractivity contribution >= 4 is 46.8 Å². The fourth-order valence-corrected chi connectivity index (χ4v) is 4.64. The molecule has 0 heterocycles. The van der Waals surface area contributed by atoms with Gasteiger partial charge in [0.25, 0.3) is 0 Å². The molecule has 4 nitrogen and oxygen atoms in total. The summed E-state index contributed by atoms with van der Waals surface area (Å²) in [5.74, 6) is -0.251. The molecular weight excluding hydrogens is 470 g/mol. The SMILES string of the molecule is CCCCNC(=O)C(CC)N(Cc1c(Cl)cccc1Cl)C(=O)CSCc1ccccc1F. The zero-order valence-electron chi connectivity index (χ0n) is 18.4. The van der Waals surface area contributed by atoms with Gasteiger partial charge in [0.2, 0.25) is 11.8 Å². The maximum atomic E-state index is 13.9. The number of rotatable bonds is 12. The average Bonchev–Trinajstić information content (AvgIpc) is 2.77. The number of nitrogens with one attached hydrogen (secondary N) is 1. The van der Waals surface area contributed by atoms with E-state index in [4.69, 9.17) is 23.2 Å². The molecule has 1 N–H and O–H groups in total. The minimum atomic E-state index is -0.652. The van der Waals surface area contributed by atoms with Crippen molar-refractivity contribution in [3.63, 3.8) is 0 Å². The van der Waals surface area contributed by atoms with Crippen LogP contribution in [0.5, 0.6) is 0 Å². The lowest BCUT2D eigenvalue weighted by Crippen LogP contribution is -2.49. The second kappa shape index (κ2) is 13.7. The summed E-state index contributed by atoms with van der Waals surface area (Å²) in [6.07, 6.45) is 2.27. The molecule has 2 aromatic rings. The monoisotopic (exact) mass is 498 g/mol. The van der Waals surface area contributed by atoms with E-state index in [1.807, 2.05) is 13.8 Å². The summed E-state index contributed by atoms with van der Waals surface area (Å²) < 4.78 is 13.9. The van der Waals surface area contributed by atoms with Gasteiger partial charge in [-0.1, -0.05) is 67.7 Å². The van der Waals surface area contributed by atoms with E-state index in [1.54, 1.807) is 36.4 Å². The Bertz CT molecular complexity index is 893. The fraction of sp³-hybridized carbons (Fsp3) is 0.417. The molecule has 0 radical (unpaired) electrons. The first-order chi connectivity index (χ1) is 15.4. The molecule has 0 saturated heterocycles. The van der Waals surface area contributed by atoms with E-state index in [0.29, 0.717) is 39.9 Å². The van der Waals surface area contributed by atoms with Gasteiger partial charge in [-0.25, -0.2) is 4.39 Å². The number of carbonyl (C=O) groups excluding carboxylic acids is 2. The van der Waals surface area contributed by atoms with Crippen LogP contribution in [0.1, 0.15) is 44.2 Å². The third kappa shape index (κ3) is 7.68. The highest BCUT2D eigenvalue weighted by Crippen LogP contribution is 2.27. The normalized spacial score (nSPS) is 11.8. The Balaban J connectivity index is 2.18. The molecule has 0 spiro atoms. The maximum Gasteiger partial charge on any atom is 0.242 e. The Morgan fingerprint density at radius 2 is 1.78 bits per heavy atom. The molecule has 8 heteroatoms. The number of unbranched alkanes of at least 4 members (excludes halogenated alkanes) is 1. The summed E-state index contributed by atoms with van der Waals surface area (Å²) in [7, 11) is 0. The second-order valence-corrected chi connectivity index (χ2v) is 9.17. The van der Waals surface area contributed by atoms with Crippen molar-refractivity contribution in [2.45, 2.75) is 51.4 Å². The summed E-state index contributed by atoms with van der Waals surface area (Å²) in [6, 6.07) is 11.0. The highest BCUT2D eigenvalue weighted by Gasteiger charge is 2.29. The van der Waals surface area contributed by atoms with E-state index in [0.717, 1.165) is 12.8 Å². The van der Waals surface area contributed by atoms with Crippen LogP contribution in [0.4, 0.5) is 4.39 Å². The molecule has 0 fully saturated rings. The van der Waals surface area contributed by atoms with Gasteiger partial charge in [-0.15, -0.1) is 11.8 Å². The molecule has 0 aliphatic rings. The summed E-state index contributed by atoms with van der Waals surface area (Å²) in [6.45, 7) is 4.59. The molecular formula is C24H29Cl2FN2O2S. The van der Waals surface area contributed by atoms with Gasteiger partial charge in [-0.05, 0) is 36.6 Å². The Hall–Kier alpha value is -1.76. The van der Waals surface area contributed by atoms with Crippen molar-refractivity contribution in [2.75, 3.05) is 12.3 Å². The van der Waals surface area contributed by atoms with Gasteiger partial charge >= 0.3 is 0 Å². The molecule has 0 aromatic heterocycles. The second-order valence-electron chi connectivity index (χ2n) is 7.37. The van der Waals surface area contributed by atoms with Crippen LogP contribution < -0.4 is 5.32 Å². The van der Waals surface area contributed by atoms with Crippen molar-refractivity contribution in [1.82, 2.24) is 10.2 Å². The van der Waals surface area contributed by atoms with Crippen molar-refractivity contribution in [3.8, 4) is 0 Å². The molecule has 0 saturated carbocycles. The first-order valence-corrected chi connectivity index (χ1v) is 12.6. The Labute approximate surface area is 203 Å². The number of carbonyl (C=O) groups is 2. The quantitative estimate of drug-likeness (QED) is 0.360. The topological polar surface area (TPSA) is 49.4 Å². The summed E-state index contributed by atoms with van der Waals surface area (Å²) in [5.41, 5.74) is 1.14. The van der Waals surface area contributed by atoms with Crippen LogP contribution in [-0.2, 0) is 21.9 Å². The Morgan fingerprint density at radius 3 is 2.41 bits per heavy atom. The van der Waals surface area contributed by atoms with Gasteiger partial charge in [0.1, 0.15) is 11.9 Å². The number of hydrogen-bond acceptors (Lipinski definition) is 3. The van der Waals surface area contributed by atoms with Gasteiger partial charge in [0.05, 0.1) is 5.75 Å². The van der Waals surface area contributed by atoms with Crippen molar-refractivity contribution in [1.29, 1.82) is 0 Å². The average molecular weight is 499 g/mol. The lowest BCUT2D eigenvalue weighted by Gasteiger charge is -2.31. The van der Waals surface area contributed by atoms with Crippen molar-refractivity contribution in [3.05, 3.63) is 69.5 Å². The molecule has 32 heavy (non-hydrogen) atoms. The van der Waals surface area contributed by atoms with E-state index >= 15 is 0 Å². The number of amides is 2. The van der Waals surface area contributed by atoms with E-state index in [2.05, 4.69) is 5.32 Å². The van der Waals surface area contributed by atoms with Gasteiger partial charge in [-0.2, -0.15) is 0 Å². The molecule has 0 bridgehead atoms. The largest absolute Gasteiger partial charge is 0.354 e. The van der Waals surface area contributed by atoms with Crippen LogP contribution in [-0.4, -0.2) is 35.1 Å². The number of nitrogens with zero attached hydrogens (tertiary/aromatic N) is 1. The maximum absolute atomic E-state index is 13.9. The highest BCUT2D eigenvalue weighted by molar-refractivity contribution is 7.99. The van der Waals surface area contributed by atoms with Gasteiger partial charge < -0.3 is 10.2 Å². The molecule has 2 rings (SSSR count). The first-order valence-electron chi connectivity index (χ1n) is 10.7. The zero-order valence-corrected chi connectivity index (χ0v) is 20.7. The van der Waals surface area contributed by atoms with E-state index in [1.165, 1.54) is 22.7 Å². The summed E-state index contributed by atoms with van der Waals surface area (Å²) >= 11 is 14.0. The van der Waals surface area contributed by atoms with Crippen LogP contribution >= 0.6 is 35.0 Å². The number of benzene rings is 2. The van der Waals surface area contributed by atoms with Crippen molar-refractivity contribution < 1.29 is 14.0 Å². The fourth-order valence-electron chi connectivity index (χ4n) is 3.23. The van der Waals surface area contributed by atoms with Crippen LogP contribution in [0.25, 0.3) is 0 Å². The molecule has 2 amide bonds. The highest BCUT2D eigenvalue weighted by atomic mass is 35.5. The lowest BCUT2D eigenvalue weighted by molar-refractivity contribution is -0.139. The molecule has 174 valence electrons. The minimum Gasteiger partial charge on any atom is -0.354 e. The van der Waals surface area contributed by atoms with Crippen LogP contribution in [0, 0.1) is 5.82 Å². The van der Waals surface area contributed by atoms with E-state index < -0.39 is 6.04 Å². The number of halogens is 3. The lowest BCUT2D eigenvalue weighted by atomic mass is 10.1. The molecule has 1 atom stereocenters. The zero-order chi connectivity index (χ0) is 23.5. The van der Waals surface area contributed by atoms with Crippen molar-refractivity contribution in [2.24, 2.45) is 0 Å². The standard InChI is InChI=1S/C24H29Cl2FN2O2S/c1-3-5-13-28-24(31)22(4-2)29(14-18-19(25)10-8-11-20(18)26)23(30)16-32-15-17-9-6-7-12-21(17)27/h6-12,22H,3-5,13-16H2,1-2H3,(H,28,31). The third-order valence-corrected chi connectivity index (χ3v) is 6.72. The minimum absolute atomic E-state index is 0.106. The first kappa shape index (κ1) is 26.5. The van der Waals surface area contributed by atoms with Crippen LogP contribution in [0.15, 0.2) is 42.5 Å². The van der Waals surface area contributed by atoms with Gasteiger partial charge in [-0.3, -0.25) is 9.59 Å². The predicted octanol–water partition coefficient (Wildman–Crippen LogP) is 6.09. The number of hydrogen-bond donors (Lipinski definition) is 1. The Kier molecular flexibility index (Phi) is 11.4. The summed E-state index contributed by atoms with van der Waals surface area (Å²) in [5, 5.41) is 3.80. The summed E-state index contributed by atoms with van der Waals surface area (Å²) in [4.78, 5) is 27.6. The molecule has 2 aromatic carbocycles. The molecule has 0 aliphatic carbocycles. The van der Waals surface area contributed by atoms with Crippen LogP contribution in [0.3, 0.4) is 0 Å². The predicted molar refractivity (Wildman–Crippen MR) is 132 cm³/mol. The third-order valence-electron chi connectivity index (χ3n) is 5.05. The van der Waals surface area contributed by atoms with Gasteiger partial charge in [0.15, 0.2) is 0 Å². The molecule has 1 unspecified atom stereocenters. The van der Waals surface area contributed by atoms with E-state index in [9.17, 15) is 14.0 Å². The smallest absolute Gasteiger partial charge is 0.242 e.